The van der Waals surface area contributed by atoms with E-state index in [4.69, 9.17) is 5.73 Å². The number of hydrogen-bond donors (Lipinski definition) is 2. The summed E-state index contributed by atoms with van der Waals surface area (Å²) < 4.78 is 0. The Kier molecular flexibility index (Phi) is 2.53. The van der Waals surface area contributed by atoms with Crippen molar-refractivity contribution in [3.8, 4) is 0 Å². The standard InChI is InChI=1S/C12H15N3O2/c1-12(2)10(16)15(11(17)14-12)7-8-3-5-9(13)6-4-8/h3-6H,7,13H2,1-2H3,(H,14,17). The summed E-state index contributed by atoms with van der Waals surface area (Å²) in [4.78, 5) is 24.8. The fourth-order valence-corrected chi connectivity index (χ4v) is 1.77. The van der Waals surface area contributed by atoms with Crippen LogP contribution in [0.15, 0.2) is 24.3 Å². The monoisotopic (exact) mass is 233 g/mol. The summed E-state index contributed by atoms with van der Waals surface area (Å²) >= 11 is 0. The number of urea groups is 1. The number of imide groups is 1. The quantitative estimate of drug-likeness (QED) is 0.593. The SMILES string of the molecule is CC1(C)NC(=O)N(Cc2ccc(N)cc2)C1=O. The molecule has 0 radical (unpaired) electrons. The van der Waals surface area contributed by atoms with Gasteiger partial charge in [0.05, 0.1) is 6.54 Å². The molecule has 5 nitrogen and oxygen atoms in total. The van der Waals surface area contributed by atoms with E-state index in [1.807, 2.05) is 0 Å². The summed E-state index contributed by atoms with van der Waals surface area (Å²) in [5, 5.41) is 2.64. The Bertz CT molecular complexity index is 465. The maximum absolute atomic E-state index is 11.9. The summed E-state index contributed by atoms with van der Waals surface area (Å²) in [5.74, 6) is -0.209. The second kappa shape index (κ2) is 3.76. The summed E-state index contributed by atoms with van der Waals surface area (Å²) in [7, 11) is 0. The van der Waals surface area contributed by atoms with Gasteiger partial charge in [-0.2, -0.15) is 0 Å². The molecule has 1 saturated heterocycles. The van der Waals surface area contributed by atoms with E-state index in [1.54, 1.807) is 38.1 Å². The molecule has 3 N–H and O–H groups in total. The first kappa shape index (κ1) is 11.4. The van der Waals surface area contributed by atoms with Gasteiger partial charge < -0.3 is 11.1 Å². The first-order valence-electron chi connectivity index (χ1n) is 5.39. The fraction of sp³-hybridized carbons (Fsp3) is 0.333. The summed E-state index contributed by atoms with van der Waals surface area (Å²) in [6, 6.07) is 6.76. The third-order valence-electron chi connectivity index (χ3n) is 2.76. The molecule has 0 atom stereocenters. The molecule has 1 heterocycles. The van der Waals surface area contributed by atoms with Gasteiger partial charge in [-0.1, -0.05) is 12.1 Å². The molecule has 0 saturated carbocycles. The van der Waals surface area contributed by atoms with Gasteiger partial charge in [0.2, 0.25) is 0 Å². The average molecular weight is 233 g/mol. The van der Waals surface area contributed by atoms with E-state index in [9.17, 15) is 9.59 Å². The lowest BCUT2D eigenvalue weighted by Crippen LogP contribution is -2.40. The second-order valence-corrected chi connectivity index (χ2v) is 4.69. The Labute approximate surface area is 99.6 Å². The molecule has 5 heteroatoms. The Morgan fingerprint density at radius 2 is 1.82 bits per heavy atom. The van der Waals surface area contributed by atoms with Gasteiger partial charge in [0.25, 0.3) is 5.91 Å². The molecule has 3 amide bonds. The Morgan fingerprint density at radius 3 is 2.29 bits per heavy atom. The number of benzene rings is 1. The maximum Gasteiger partial charge on any atom is 0.325 e. The molecule has 2 rings (SSSR count). The lowest BCUT2D eigenvalue weighted by Gasteiger charge is -2.16. The number of carbonyl (C=O) groups is 2. The van der Waals surface area contributed by atoms with Crippen LogP contribution in [0.3, 0.4) is 0 Å². The van der Waals surface area contributed by atoms with Crippen LogP contribution in [0.5, 0.6) is 0 Å². The van der Waals surface area contributed by atoms with Gasteiger partial charge in [0, 0.05) is 5.69 Å². The highest BCUT2D eigenvalue weighted by Crippen LogP contribution is 2.19. The predicted molar refractivity (Wildman–Crippen MR) is 64.0 cm³/mol. The first-order chi connectivity index (χ1) is 7.90. The molecule has 1 aromatic carbocycles. The van der Waals surface area contributed by atoms with Crippen molar-refractivity contribution in [1.82, 2.24) is 10.2 Å². The van der Waals surface area contributed by atoms with E-state index in [1.165, 1.54) is 4.90 Å². The van der Waals surface area contributed by atoms with Gasteiger partial charge in [-0.3, -0.25) is 9.69 Å². The van der Waals surface area contributed by atoms with E-state index >= 15 is 0 Å². The van der Waals surface area contributed by atoms with Crippen LogP contribution in [-0.2, 0) is 11.3 Å². The third kappa shape index (κ3) is 2.08. The van der Waals surface area contributed by atoms with Crippen LogP contribution in [0.2, 0.25) is 0 Å². The van der Waals surface area contributed by atoms with E-state index in [-0.39, 0.29) is 18.5 Å². The fourth-order valence-electron chi connectivity index (χ4n) is 1.77. The van der Waals surface area contributed by atoms with E-state index in [0.29, 0.717) is 5.69 Å². The summed E-state index contributed by atoms with van der Waals surface area (Å²) in [6.07, 6.45) is 0. The van der Waals surface area contributed by atoms with Crippen molar-refractivity contribution >= 4 is 17.6 Å². The van der Waals surface area contributed by atoms with Crippen LogP contribution in [0, 0.1) is 0 Å². The van der Waals surface area contributed by atoms with E-state index in [0.717, 1.165) is 5.56 Å². The van der Waals surface area contributed by atoms with Gasteiger partial charge in [-0.05, 0) is 31.5 Å². The minimum absolute atomic E-state index is 0.209. The Balaban J connectivity index is 2.17. The number of nitrogens with zero attached hydrogens (tertiary/aromatic N) is 1. The lowest BCUT2D eigenvalue weighted by molar-refractivity contribution is -0.130. The molecule has 1 aliphatic rings. The molecule has 1 aromatic rings. The first-order valence-corrected chi connectivity index (χ1v) is 5.39. The normalized spacial score (nSPS) is 18.4. The van der Waals surface area contributed by atoms with Crippen LogP contribution in [-0.4, -0.2) is 22.4 Å². The number of nitrogens with one attached hydrogen (secondary N) is 1. The summed E-state index contributed by atoms with van der Waals surface area (Å²) in [6.45, 7) is 3.65. The molecule has 0 unspecified atom stereocenters. The average Bonchev–Trinajstić information content (AvgIpc) is 2.44. The van der Waals surface area contributed by atoms with Crippen molar-refractivity contribution in [2.75, 3.05) is 5.73 Å². The van der Waals surface area contributed by atoms with Crippen LogP contribution in [0.4, 0.5) is 10.5 Å². The van der Waals surface area contributed by atoms with E-state index < -0.39 is 5.54 Å². The van der Waals surface area contributed by atoms with E-state index in [2.05, 4.69) is 5.32 Å². The Hall–Kier alpha value is -2.04. The maximum atomic E-state index is 11.9. The number of rotatable bonds is 2. The number of hydrogen-bond acceptors (Lipinski definition) is 3. The smallest absolute Gasteiger partial charge is 0.325 e. The molecular formula is C12H15N3O2. The van der Waals surface area contributed by atoms with Gasteiger partial charge >= 0.3 is 6.03 Å². The van der Waals surface area contributed by atoms with Crippen LogP contribution >= 0.6 is 0 Å². The number of nitrogens with two attached hydrogens (primary N) is 1. The largest absolute Gasteiger partial charge is 0.399 e. The zero-order valence-electron chi connectivity index (χ0n) is 9.86. The highest BCUT2D eigenvalue weighted by atomic mass is 16.2. The number of nitrogen functional groups attached to an aromatic ring is 1. The summed E-state index contributed by atoms with van der Waals surface area (Å²) in [5.41, 5.74) is 6.29. The molecule has 17 heavy (non-hydrogen) atoms. The number of anilines is 1. The predicted octanol–water partition coefficient (Wildman–Crippen LogP) is 1.10. The van der Waals surface area contributed by atoms with Crippen molar-refractivity contribution < 1.29 is 9.59 Å². The van der Waals surface area contributed by atoms with Crippen molar-refractivity contribution in [1.29, 1.82) is 0 Å². The number of carbonyl (C=O) groups excluding carboxylic acids is 2. The van der Waals surface area contributed by atoms with Crippen LogP contribution < -0.4 is 11.1 Å². The third-order valence-corrected chi connectivity index (χ3v) is 2.76. The van der Waals surface area contributed by atoms with Crippen LogP contribution in [0.25, 0.3) is 0 Å². The molecule has 1 aliphatic heterocycles. The highest BCUT2D eigenvalue weighted by molar-refractivity contribution is 6.06. The van der Waals surface area contributed by atoms with Crippen molar-refractivity contribution in [3.05, 3.63) is 29.8 Å². The molecule has 0 aliphatic carbocycles. The van der Waals surface area contributed by atoms with Crippen molar-refractivity contribution in [2.24, 2.45) is 0 Å². The topological polar surface area (TPSA) is 75.4 Å². The van der Waals surface area contributed by atoms with Crippen LogP contribution in [0.1, 0.15) is 19.4 Å². The van der Waals surface area contributed by atoms with Gasteiger partial charge in [-0.15, -0.1) is 0 Å². The molecule has 0 spiro atoms. The number of amides is 3. The molecule has 90 valence electrons. The molecule has 1 fully saturated rings. The Morgan fingerprint density at radius 1 is 1.24 bits per heavy atom. The zero-order chi connectivity index (χ0) is 12.6. The minimum Gasteiger partial charge on any atom is -0.399 e. The lowest BCUT2D eigenvalue weighted by atomic mass is 10.1. The van der Waals surface area contributed by atoms with Gasteiger partial charge in [0.15, 0.2) is 0 Å². The zero-order valence-corrected chi connectivity index (χ0v) is 9.86. The highest BCUT2D eigenvalue weighted by Gasteiger charge is 2.43. The molecule has 0 bridgehead atoms. The minimum atomic E-state index is -0.815. The van der Waals surface area contributed by atoms with Crippen molar-refractivity contribution in [2.45, 2.75) is 25.9 Å². The van der Waals surface area contributed by atoms with Crippen molar-refractivity contribution in [3.63, 3.8) is 0 Å². The molecule has 0 aromatic heterocycles. The second-order valence-electron chi connectivity index (χ2n) is 4.69. The van der Waals surface area contributed by atoms with Gasteiger partial charge in [0.1, 0.15) is 5.54 Å². The van der Waals surface area contributed by atoms with Gasteiger partial charge in [-0.25, -0.2) is 4.79 Å². The molecular weight excluding hydrogens is 218 g/mol.